The Labute approximate surface area is 197 Å². The van der Waals surface area contributed by atoms with Crippen LogP contribution in [0.5, 0.6) is 5.75 Å². The molecule has 2 aromatic carbocycles. The topological polar surface area (TPSA) is 64.6 Å². The number of carbonyl (C=O) groups is 2. The van der Waals surface area contributed by atoms with Crippen molar-refractivity contribution in [2.45, 2.75) is 59.5 Å². The molecule has 0 spiro atoms. The summed E-state index contributed by atoms with van der Waals surface area (Å²) in [7, 11) is 1.63. The molecule has 176 valence electrons. The van der Waals surface area contributed by atoms with Gasteiger partial charge in [0.25, 0.3) is 0 Å². The first-order chi connectivity index (χ1) is 15.6. The first-order valence-electron chi connectivity index (χ1n) is 11.2. The minimum absolute atomic E-state index is 0.0763. The lowest BCUT2D eigenvalue weighted by Gasteiger charge is -2.18. The van der Waals surface area contributed by atoms with Gasteiger partial charge in [0.2, 0.25) is 5.91 Å². The Morgan fingerprint density at radius 1 is 1.03 bits per heavy atom. The van der Waals surface area contributed by atoms with Crippen LogP contribution in [0.4, 0.5) is 5.69 Å². The number of rotatable bonds is 9. The average Bonchev–Trinajstić information content (AvgIpc) is 2.74. The summed E-state index contributed by atoms with van der Waals surface area (Å²) in [5, 5.41) is 3.05. The van der Waals surface area contributed by atoms with E-state index in [1.807, 2.05) is 77.1 Å². The van der Waals surface area contributed by atoms with Crippen molar-refractivity contribution in [2.75, 3.05) is 12.4 Å². The Morgan fingerprint density at radius 3 is 2.42 bits per heavy atom. The maximum atomic E-state index is 12.8. The highest BCUT2D eigenvalue weighted by atomic mass is 16.6. The number of benzene rings is 2. The van der Waals surface area contributed by atoms with Gasteiger partial charge in [-0.15, -0.1) is 0 Å². The molecule has 0 radical (unpaired) electrons. The van der Waals surface area contributed by atoms with Crippen LogP contribution in [-0.4, -0.2) is 24.6 Å². The Kier molecular flexibility index (Phi) is 9.46. The van der Waals surface area contributed by atoms with E-state index in [4.69, 9.17) is 9.47 Å². The Morgan fingerprint density at radius 2 is 1.76 bits per heavy atom. The third-order valence-electron chi connectivity index (χ3n) is 4.77. The number of hydrogen-bond acceptors (Lipinski definition) is 4. The summed E-state index contributed by atoms with van der Waals surface area (Å²) in [6, 6.07) is 13.5. The van der Waals surface area contributed by atoms with E-state index in [2.05, 4.69) is 11.4 Å². The second kappa shape index (κ2) is 12.0. The van der Waals surface area contributed by atoms with Crippen molar-refractivity contribution in [3.63, 3.8) is 0 Å². The van der Waals surface area contributed by atoms with Crippen LogP contribution in [0.15, 0.2) is 60.2 Å². The lowest BCUT2D eigenvalue weighted by atomic mass is 10.0. The first kappa shape index (κ1) is 25.9. The molecular weight excluding hydrogens is 414 g/mol. The van der Waals surface area contributed by atoms with Gasteiger partial charge in [0.15, 0.2) is 0 Å². The number of hydrogen-bond donors (Lipinski definition) is 1. The molecule has 5 heteroatoms. The number of nitrogens with one attached hydrogen (secondary N) is 1. The molecule has 0 heterocycles. The highest BCUT2D eigenvalue weighted by Crippen LogP contribution is 2.23. The molecule has 0 bridgehead atoms. The van der Waals surface area contributed by atoms with Crippen molar-refractivity contribution in [3.05, 3.63) is 76.9 Å². The molecule has 5 nitrogen and oxygen atoms in total. The normalized spacial score (nSPS) is 11.2. The minimum atomic E-state index is -0.545. The van der Waals surface area contributed by atoms with E-state index in [0.717, 1.165) is 28.1 Å². The molecule has 33 heavy (non-hydrogen) atoms. The zero-order valence-corrected chi connectivity index (χ0v) is 20.5. The monoisotopic (exact) mass is 449 g/mol. The highest BCUT2D eigenvalue weighted by Gasteiger charge is 2.14. The molecule has 0 fully saturated rings. The van der Waals surface area contributed by atoms with Crippen LogP contribution >= 0.6 is 0 Å². The second-order valence-corrected chi connectivity index (χ2v) is 9.13. The van der Waals surface area contributed by atoms with Crippen LogP contribution < -0.4 is 10.1 Å². The molecule has 0 saturated heterocycles. The largest absolute Gasteiger partial charge is 0.496 e. The number of ether oxygens (including phenoxy) is 2. The summed E-state index contributed by atoms with van der Waals surface area (Å²) in [4.78, 5) is 24.8. The fraction of sp³-hybridized carbons (Fsp3) is 0.357. The number of para-hydroxylation sites is 1. The lowest BCUT2D eigenvalue weighted by Crippen LogP contribution is -2.22. The summed E-state index contributed by atoms with van der Waals surface area (Å²) in [5.41, 5.74) is 4.21. The van der Waals surface area contributed by atoms with Gasteiger partial charge >= 0.3 is 5.97 Å². The Bertz CT molecular complexity index is 1020. The third-order valence-corrected chi connectivity index (χ3v) is 4.77. The molecule has 2 rings (SSSR count). The average molecular weight is 450 g/mol. The van der Waals surface area contributed by atoms with Crippen LogP contribution in [0.1, 0.15) is 57.7 Å². The first-order valence-corrected chi connectivity index (χ1v) is 11.2. The predicted octanol–water partition coefficient (Wildman–Crippen LogP) is 6.13. The van der Waals surface area contributed by atoms with Crippen LogP contribution in [0.3, 0.4) is 0 Å². The van der Waals surface area contributed by atoms with Gasteiger partial charge in [0, 0.05) is 18.2 Å². The quantitative estimate of drug-likeness (QED) is 0.284. The number of methoxy groups -OCH3 is 1. The van der Waals surface area contributed by atoms with Gasteiger partial charge in [-0.05, 0) is 82.4 Å². The molecule has 0 unspecified atom stereocenters. The van der Waals surface area contributed by atoms with E-state index >= 15 is 0 Å². The molecule has 0 saturated carbocycles. The van der Waals surface area contributed by atoms with E-state index in [1.165, 1.54) is 11.6 Å². The zero-order valence-electron chi connectivity index (χ0n) is 20.5. The molecule has 0 aliphatic heterocycles. The van der Waals surface area contributed by atoms with Gasteiger partial charge in [-0.3, -0.25) is 4.79 Å². The number of amides is 1. The summed E-state index contributed by atoms with van der Waals surface area (Å²) < 4.78 is 10.7. The van der Waals surface area contributed by atoms with Gasteiger partial charge in [-0.2, -0.15) is 0 Å². The number of anilines is 1. The van der Waals surface area contributed by atoms with Crippen molar-refractivity contribution >= 4 is 23.6 Å². The molecule has 1 N–H and O–H groups in total. The summed E-state index contributed by atoms with van der Waals surface area (Å²) in [6.45, 7) is 9.58. The molecular formula is C28H35NO4. The number of allylic oxidation sites excluding steroid dienone is 2. The zero-order chi connectivity index (χ0) is 24.4. The van der Waals surface area contributed by atoms with Crippen molar-refractivity contribution in [1.29, 1.82) is 0 Å². The van der Waals surface area contributed by atoms with Crippen molar-refractivity contribution in [1.82, 2.24) is 0 Å². The second-order valence-electron chi connectivity index (χ2n) is 9.13. The van der Waals surface area contributed by atoms with Crippen molar-refractivity contribution < 1.29 is 19.1 Å². The molecule has 2 aromatic rings. The van der Waals surface area contributed by atoms with E-state index in [1.54, 1.807) is 13.2 Å². The van der Waals surface area contributed by atoms with Crippen LogP contribution in [0.25, 0.3) is 6.08 Å². The van der Waals surface area contributed by atoms with E-state index in [9.17, 15) is 9.59 Å². The van der Waals surface area contributed by atoms with E-state index < -0.39 is 11.6 Å². The van der Waals surface area contributed by atoms with Gasteiger partial charge < -0.3 is 14.8 Å². The summed E-state index contributed by atoms with van der Waals surface area (Å²) in [6.07, 6.45) is 6.85. The maximum Gasteiger partial charge on any atom is 0.331 e. The lowest BCUT2D eigenvalue weighted by molar-refractivity contribution is -0.148. The maximum absolute atomic E-state index is 12.8. The molecule has 0 aliphatic rings. The van der Waals surface area contributed by atoms with Gasteiger partial charge in [-0.1, -0.05) is 42.0 Å². The van der Waals surface area contributed by atoms with Crippen molar-refractivity contribution in [3.8, 4) is 5.75 Å². The SMILES string of the molecule is COc1ccccc1CCC(=O)Nc1cc(/C=C/C(=O)OC(C)(C)C)ccc1CC=C(C)C. The molecule has 0 aliphatic carbocycles. The van der Waals surface area contributed by atoms with Crippen LogP contribution in [0, 0.1) is 0 Å². The molecule has 0 aromatic heterocycles. The minimum Gasteiger partial charge on any atom is -0.496 e. The smallest absolute Gasteiger partial charge is 0.331 e. The number of esters is 1. The number of carbonyl (C=O) groups excluding carboxylic acids is 2. The molecule has 0 atom stereocenters. The highest BCUT2D eigenvalue weighted by molar-refractivity contribution is 5.92. The fourth-order valence-corrected chi connectivity index (χ4v) is 3.18. The number of aryl methyl sites for hydroxylation is 1. The van der Waals surface area contributed by atoms with E-state index in [-0.39, 0.29) is 5.91 Å². The predicted molar refractivity (Wildman–Crippen MR) is 134 cm³/mol. The summed E-state index contributed by atoms with van der Waals surface area (Å²) >= 11 is 0. The van der Waals surface area contributed by atoms with Gasteiger partial charge in [0.05, 0.1) is 7.11 Å². The Hall–Kier alpha value is -3.34. The van der Waals surface area contributed by atoms with Gasteiger partial charge in [-0.25, -0.2) is 4.79 Å². The summed E-state index contributed by atoms with van der Waals surface area (Å²) in [5.74, 6) is 0.301. The molecule has 1 amide bonds. The van der Waals surface area contributed by atoms with Gasteiger partial charge in [0.1, 0.15) is 11.4 Å². The Balaban J connectivity index is 2.16. The third kappa shape index (κ3) is 9.36. The van der Waals surface area contributed by atoms with Crippen LogP contribution in [0.2, 0.25) is 0 Å². The standard InChI is InChI=1S/C28H35NO4/c1-20(2)11-14-22-15-12-21(13-18-27(31)33-28(3,4)5)19-24(22)29-26(30)17-16-23-9-7-8-10-25(23)32-6/h7-13,15,18-19H,14,16-17H2,1-6H3,(H,29,30)/b18-13+. The fourth-order valence-electron chi connectivity index (χ4n) is 3.18. The van der Waals surface area contributed by atoms with E-state index in [0.29, 0.717) is 19.3 Å². The van der Waals surface area contributed by atoms with Crippen LogP contribution in [-0.2, 0) is 27.2 Å². The van der Waals surface area contributed by atoms with Crippen molar-refractivity contribution in [2.24, 2.45) is 0 Å².